The van der Waals surface area contributed by atoms with Crippen LogP contribution >= 0.6 is 0 Å². The Hall–Kier alpha value is -2.65. The van der Waals surface area contributed by atoms with Crippen LogP contribution in [0.25, 0.3) is 16.8 Å². The van der Waals surface area contributed by atoms with Gasteiger partial charge in [0, 0.05) is 5.57 Å². The van der Waals surface area contributed by atoms with E-state index < -0.39 is 8.07 Å². The number of esters is 1. The second-order valence-corrected chi connectivity index (χ2v) is 11.9. The van der Waals surface area contributed by atoms with Gasteiger partial charge in [0.1, 0.15) is 0 Å². The molecule has 132 valence electrons. The highest BCUT2D eigenvalue weighted by Gasteiger charge is 2.27. The quantitative estimate of drug-likeness (QED) is 0.363. The number of rotatable bonds is 5. The number of ether oxygens (including phenoxy) is 1. The molecule has 3 rings (SSSR count). The first kappa shape index (κ1) is 18.1. The molecular weight excluding hydrogens is 336 g/mol. The van der Waals surface area contributed by atoms with E-state index in [0.29, 0.717) is 0 Å². The summed E-state index contributed by atoms with van der Waals surface area (Å²) < 4.78 is 5.09. The Balaban J connectivity index is 2.03. The molecule has 0 amide bonds. The maximum Gasteiger partial charge on any atom is 0.333 e. The third kappa shape index (κ3) is 3.94. The molecule has 0 fully saturated rings. The number of hydrogen-bond acceptors (Lipinski definition) is 2. The molecule has 0 atom stereocenters. The molecule has 26 heavy (non-hydrogen) atoms. The Morgan fingerprint density at radius 3 is 2.31 bits per heavy atom. The zero-order valence-corrected chi connectivity index (χ0v) is 16.5. The lowest BCUT2D eigenvalue weighted by Crippen LogP contribution is -2.42. The Morgan fingerprint density at radius 2 is 1.58 bits per heavy atom. The van der Waals surface area contributed by atoms with Crippen LogP contribution < -0.4 is 5.19 Å². The van der Waals surface area contributed by atoms with Crippen molar-refractivity contribution in [2.45, 2.75) is 19.1 Å². The van der Waals surface area contributed by atoms with Crippen molar-refractivity contribution in [3.8, 4) is 0 Å². The minimum Gasteiger partial charge on any atom is -0.466 e. The number of hydrogen-bond donors (Lipinski definition) is 0. The van der Waals surface area contributed by atoms with Crippen molar-refractivity contribution < 1.29 is 9.53 Å². The van der Waals surface area contributed by atoms with Gasteiger partial charge < -0.3 is 4.74 Å². The summed E-state index contributed by atoms with van der Waals surface area (Å²) in [7, 11) is -0.357. The average Bonchev–Trinajstić information content (AvgIpc) is 2.67. The van der Waals surface area contributed by atoms with Gasteiger partial charge in [0.25, 0.3) is 0 Å². The zero-order chi connectivity index (χ0) is 18.6. The monoisotopic (exact) mass is 360 g/mol. The van der Waals surface area contributed by atoms with Gasteiger partial charge in [-0.05, 0) is 28.5 Å². The molecule has 0 heterocycles. The molecule has 0 aliphatic rings. The molecule has 0 N–H and O–H groups in total. The van der Waals surface area contributed by atoms with Gasteiger partial charge in [-0.15, -0.1) is 0 Å². The van der Waals surface area contributed by atoms with Crippen LogP contribution in [0.2, 0.25) is 19.1 Å². The van der Waals surface area contributed by atoms with Crippen molar-refractivity contribution in [1.82, 2.24) is 0 Å². The lowest BCUT2D eigenvalue weighted by Gasteiger charge is -2.24. The zero-order valence-electron chi connectivity index (χ0n) is 15.5. The third-order valence-corrected chi connectivity index (χ3v) is 7.95. The maximum atomic E-state index is 12.5. The first-order valence-electron chi connectivity index (χ1n) is 8.83. The van der Waals surface area contributed by atoms with Gasteiger partial charge in [0.15, 0.2) is 0 Å². The first-order valence-corrected chi connectivity index (χ1v) is 12.0. The van der Waals surface area contributed by atoms with E-state index in [9.17, 15) is 4.79 Å². The van der Waals surface area contributed by atoms with Crippen molar-refractivity contribution in [1.29, 1.82) is 0 Å². The van der Waals surface area contributed by atoms with E-state index >= 15 is 0 Å². The van der Waals surface area contributed by atoms with Crippen molar-refractivity contribution in [2.75, 3.05) is 7.11 Å². The van der Waals surface area contributed by atoms with E-state index in [4.69, 9.17) is 4.74 Å². The fraction of sp³-hybridized carbons (Fsp3) is 0.174. The SMILES string of the molecule is COC(=O)/C(=C/c1cccc2ccccc12)C[Si](C)(C)c1ccccc1. The van der Waals surface area contributed by atoms with Crippen molar-refractivity contribution >= 4 is 36.1 Å². The van der Waals surface area contributed by atoms with E-state index in [1.807, 2.05) is 30.3 Å². The van der Waals surface area contributed by atoms with E-state index in [0.717, 1.165) is 22.6 Å². The maximum absolute atomic E-state index is 12.5. The summed E-state index contributed by atoms with van der Waals surface area (Å²) in [5, 5.41) is 3.66. The van der Waals surface area contributed by atoms with Gasteiger partial charge in [-0.2, -0.15) is 0 Å². The Bertz CT molecular complexity index is 937. The normalized spacial score (nSPS) is 12.2. The molecule has 0 spiro atoms. The second-order valence-electron chi connectivity index (χ2n) is 7.16. The Morgan fingerprint density at radius 1 is 0.923 bits per heavy atom. The van der Waals surface area contributed by atoms with E-state index in [1.165, 1.54) is 17.7 Å². The van der Waals surface area contributed by atoms with Crippen LogP contribution in [0.5, 0.6) is 0 Å². The minimum absolute atomic E-state index is 0.241. The standard InChI is InChI=1S/C23H24O2Si/c1-25-23(24)20(17-26(2,3)21-13-5-4-6-14-21)16-19-12-9-11-18-10-7-8-15-22(18)19/h4-16H,17H2,1-3H3/b20-16+. The van der Waals surface area contributed by atoms with Gasteiger partial charge in [-0.25, -0.2) is 4.79 Å². The largest absolute Gasteiger partial charge is 0.466 e. The minimum atomic E-state index is -1.81. The molecule has 0 unspecified atom stereocenters. The summed E-state index contributed by atoms with van der Waals surface area (Å²) in [5.74, 6) is -0.241. The summed E-state index contributed by atoms with van der Waals surface area (Å²) in [5.41, 5.74) is 1.80. The number of fused-ring (bicyclic) bond motifs is 1. The predicted molar refractivity (Wildman–Crippen MR) is 112 cm³/mol. The molecule has 0 bridgehead atoms. The smallest absolute Gasteiger partial charge is 0.333 e. The van der Waals surface area contributed by atoms with Gasteiger partial charge in [0.05, 0.1) is 15.2 Å². The third-order valence-electron chi connectivity index (χ3n) is 4.79. The topological polar surface area (TPSA) is 26.3 Å². The van der Waals surface area contributed by atoms with Crippen molar-refractivity contribution in [3.05, 3.63) is 83.9 Å². The highest BCUT2D eigenvalue weighted by molar-refractivity contribution is 6.90. The Labute approximate surface area is 156 Å². The average molecular weight is 361 g/mol. The fourth-order valence-electron chi connectivity index (χ4n) is 3.34. The molecule has 0 aliphatic carbocycles. The van der Waals surface area contributed by atoms with Crippen LogP contribution in [-0.4, -0.2) is 21.2 Å². The van der Waals surface area contributed by atoms with E-state index in [-0.39, 0.29) is 5.97 Å². The molecule has 3 aromatic rings. The summed E-state index contributed by atoms with van der Waals surface area (Å²) in [6.45, 7) is 4.59. The van der Waals surface area contributed by atoms with Crippen LogP contribution in [0, 0.1) is 0 Å². The van der Waals surface area contributed by atoms with E-state index in [2.05, 4.69) is 61.6 Å². The summed E-state index contributed by atoms with van der Waals surface area (Å²) in [6.07, 6.45) is 2.01. The number of benzene rings is 3. The molecule has 3 heteroatoms. The van der Waals surface area contributed by atoms with Crippen LogP contribution in [0.15, 0.2) is 78.4 Å². The molecule has 0 aromatic heterocycles. The second kappa shape index (κ2) is 7.71. The van der Waals surface area contributed by atoms with Crippen molar-refractivity contribution in [2.24, 2.45) is 0 Å². The number of carbonyl (C=O) groups is 1. The molecule has 2 nitrogen and oxygen atoms in total. The van der Waals surface area contributed by atoms with Crippen molar-refractivity contribution in [3.63, 3.8) is 0 Å². The summed E-state index contributed by atoms with van der Waals surface area (Å²) in [4.78, 5) is 12.5. The number of carbonyl (C=O) groups excluding carboxylic acids is 1. The molecule has 0 aliphatic heterocycles. The first-order chi connectivity index (χ1) is 12.5. The fourth-order valence-corrected chi connectivity index (χ4v) is 5.84. The van der Waals surface area contributed by atoms with Crippen LogP contribution in [0.4, 0.5) is 0 Å². The highest BCUT2D eigenvalue weighted by atomic mass is 28.3. The summed E-state index contributed by atoms with van der Waals surface area (Å²) in [6, 6.07) is 25.7. The van der Waals surface area contributed by atoms with Gasteiger partial charge >= 0.3 is 5.97 Å². The lowest BCUT2D eigenvalue weighted by atomic mass is 10.0. The molecule has 3 aromatic carbocycles. The van der Waals surface area contributed by atoms with Gasteiger partial charge in [0.2, 0.25) is 0 Å². The van der Waals surface area contributed by atoms with E-state index in [1.54, 1.807) is 0 Å². The predicted octanol–water partition coefficient (Wildman–Crippen LogP) is 5.01. The van der Waals surface area contributed by atoms with Crippen LogP contribution in [-0.2, 0) is 9.53 Å². The Kier molecular flexibility index (Phi) is 5.38. The molecular formula is C23H24O2Si. The molecule has 0 saturated heterocycles. The van der Waals surface area contributed by atoms with Crippen LogP contribution in [0.1, 0.15) is 5.56 Å². The lowest BCUT2D eigenvalue weighted by molar-refractivity contribution is -0.135. The van der Waals surface area contributed by atoms with Gasteiger partial charge in [-0.3, -0.25) is 0 Å². The van der Waals surface area contributed by atoms with Crippen LogP contribution in [0.3, 0.4) is 0 Å². The molecule has 0 radical (unpaired) electrons. The van der Waals surface area contributed by atoms with Gasteiger partial charge in [-0.1, -0.05) is 91.1 Å². The molecule has 0 saturated carbocycles. The summed E-state index contributed by atoms with van der Waals surface area (Å²) >= 11 is 0. The number of methoxy groups -OCH3 is 1. The highest BCUT2D eigenvalue weighted by Crippen LogP contribution is 2.25.